The molecule has 0 aliphatic carbocycles. The summed E-state index contributed by atoms with van der Waals surface area (Å²) in [5, 5.41) is 3.40. The Bertz CT molecular complexity index is 1360. The van der Waals surface area contributed by atoms with E-state index >= 15 is 0 Å². The van der Waals surface area contributed by atoms with E-state index in [1.807, 2.05) is 55.4 Å². The maximum atomic E-state index is 12.4. The van der Waals surface area contributed by atoms with Crippen LogP contribution in [0.1, 0.15) is 21.5 Å². The summed E-state index contributed by atoms with van der Waals surface area (Å²) in [6.07, 6.45) is 0. The van der Waals surface area contributed by atoms with Crippen LogP contribution < -0.4 is 15.7 Å². The number of likely N-dealkylation sites (N-methyl/N-ethyl adjacent to an activating group) is 1. The number of hydrogen-bond acceptors (Lipinski definition) is 5. The summed E-state index contributed by atoms with van der Waals surface area (Å²) in [7, 11) is 3.83. The van der Waals surface area contributed by atoms with Crippen LogP contribution in [0.15, 0.2) is 82.0 Å². The molecule has 174 valence electrons. The number of nitrogens with one attached hydrogen (secondary N) is 1. The Balaban J connectivity index is 1.50. The molecular weight excluding hydrogens is 428 g/mol. The number of hydrogen-bond donors (Lipinski definition) is 1. The van der Waals surface area contributed by atoms with Crippen LogP contribution >= 0.6 is 0 Å². The minimum absolute atomic E-state index is 0.00623. The molecule has 0 bridgehead atoms. The number of benzene rings is 3. The summed E-state index contributed by atoms with van der Waals surface area (Å²) in [6, 6.07) is 23.3. The van der Waals surface area contributed by atoms with Gasteiger partial charge in [-0.25, -0.2) is 4.79 Å². The summed E-state index contributed by atoms with van der Waals surface area (Å²) in [4.78, 5) is 26.7. The second kappa shape index (κ2) is 10.4. The van der Waals surface area contributed by atoms with Gasteiger partial charge in [-0.15, -0.1) is 0 Å². The Morgan fingerprint density at radius 1 is 1.00 bits per heavy atom. The summed E-state index contributed by atoms with van der Waals surface area (Å²) >= 11 is 0. The minimum Gasteiger partial charge on any atom is -0.489 e. The Morgan fingerprint density at radius 3 is 2.56 bits per heavy atom. The van der Waals surface area contributed by atoms with E-state index in [-0.39, 0.29) is 5.56 Å². The van der Waals surface area contributed by atoms with Crippen LogP contribution in [-0.4, -0.2) is 38.0 Å². The fourth-order valence-corrected chi connectivity index (χ4v) is 3.76. The van der Waals surface area contributed by atoms with Gasteiger partial charge < -0.3 is 19.4 Å². The Labute approximate surface area is 198 Å². The molecule has 0 atom stereocenters. The van der Waals surface area contributed by atoms with E-state index in [0.717, 1.165) is 16.7 Å². The molecule has 0 saturated heterocycles. The van der Waals surface area contributed by atoms with Crippen molar-refractivity contribution in [3.05, 3.63) is 99.9 Å². The van der Waals surface area contributed by atoms with Gasteiger partial charge in [0, 0.05) is 24.5 Å². The predicted molar refractivity (Wildman–Crippen MR) is 134 cm³/mol. The zero-order chi connectivity index (χ0) is 24.1. The first-order valence-electron chi connectivity index (χ1n) is 11.2. The zero-order valence-electron chi connectivity index (χ0n) is 19.6. The van der Waals surface area contributed by atoms with Gasteiger partial charge >= 0.3 is 5.63 Å². The lowest BCUT2D eigenvalue weighted by atomic mass is 9.97. The summed E-state index contributed by atoms with van der Waals surface area (Å²) in [5.41, 5.74) is 4.27. The third kappa shape index (κ3) is 5.35. The normalized spacial score (nSPS) is 11.1. The summed E-state index contributed by atoms with van der Waals surface area (Å²) < 4.78 is 11.4. The van der Waals surface area contributed by atoms with Crippen LogP contribution in [-0.2, 0) is 6.61 Å². The molecule has 0 aliphatic heterocycles. The van der Waals surface area contributed by atoms with E-state index in [1.165, 1.54) is 5.56 Å². The van der Waals surface area contributed by atoms with Crippen LogP contribution in [0.5, 0.6) is 5.75 Å². The van der Waals surface area contributed by atoms with Gasteiger partial charge in [-0.2, -0.15) is 0 Å². The molecule has 6 heteroatoms. The number of carbonyl (C=O) groups is 1. The molecule has 3 aromatic carbocycles. The number of carbonyl (C=O) groups excluding carboxylic acids is 1. The van der Waals surface area contributed by atoms with Gasteiger partial charge in [0.05, 0.1) is 0 Å². The molecule has 0 saturated carbocycles. The van der Waals surface area contributed by atoms with Crippen molar-refractivity contribution in [2.75, 3.05) is 27.2 Å². The van der Waals surface area contributed by atoms with Gasteiger partial charge in [0.2, 0.25) is 0 Å². The molecule has 6 nitrogen and oxygen atoms in total. The maximum absolute atomic E-state index is 12.4. The Kier molecular flexibility index (Phi) is 7.09. The third-order valence-corrected chi connectivity index (χ3v) is 5.72. The van der Waals surface area contributed by atoms with Gasteiger partial charge in [-0.1, -0.05) is 48.5 Å². The van der Waals surface area contributed by atoms with Crippen molar-refractivity contribution in [2.45, 2.75) is 13.5 Å². The highest BCUT2D eigenvalue weighted by molar-refractivity contribution is 5.96. The minimum atomic E-state index is -0.668. The molecule has 4 aromatic rings. The summed E-state index contributed by atoms with van der Waals surface area (Å²) in [5.74, 6) is 0.148. The third-order valence-electron chi connectivity index (χ3n) is 5.72. The van der Waals surface area contributed by atoms with Crippen LogP contribution in [0, 0.1) is 6.92 Å². The molecule has 0 unspecified atom stereocenters. The van der Waals surface area contributed by atoms with E-state index in [2.05, 4.69) is 30.4 Å². The number of amides is 1. The number of ether oxygens (including phenoxy) is 1. The van der Waals surface area contributed by atoms with Crippen molar-refractivity contribution in [1.82, 2.24) is 10.2 Å². The molecule has 0 fully saturated rings. The second-order valence-electron chi connectivity index (χ2n) is 8.45. The van der Waals surface area contributed by atoms with Crippen molar-refractivity contribution in [3.63, 3.8) is 0 Å². The molecule has 0 radical (unpaired) electrons. The topological polar surface area (TPSA) is 71.8 Å². The van der Waals surface area contributed by atoms with Gasteiger partial charge in [-0.05, 0) is 61.5 Å². The van der Waals surface area contributed by atoms with Crippen molar-refractivity contribution in [3.8, 4) is 16.9 Å². The van der Waals surface area contributed by atoms with E-state index in [1.54, 1.807) is 18.2 Å². The maximum Gasteiger partial charge on any atom is 0.349 e. The highest BCUT2D eigenvalue weighted by Gasteiger charge is 2.14. The average Bonchev–Trinajstić information content (AvgIpc) is 2.83. The molecule has 0 aliphatic rings. The number of nitrogens with zero attached hydrogens (tertiary/aromatic N) is 1. The first-order valence-corrected chi connectivity index (χ1v) is 11.2. The van der Waals surface area contributed by atoms with Gasteiger partial charge in [0.1, 0.15) is 23.5 Å². The molecule has 0 spiro atoms. The predicted octanol–water partition coefficient (Wildman–Crippen LogP) is 4.64. The monoisotopic (exact) mass is 456 g/mol. The first-order chi connectivity index (χ1) is 16.4. The number of fused-ring (bicyclic) bond motifs is 1. The molecule has 34 heavy (non-hydrogen) atoms. The fourth-order valence-electron chi connectivity index (χ4n) is 3.76. The van der Waals surface area contributed by atoms with Crippen LogP contribution in [0.2, 0.25) is 0 Å². The molecular formula is C28H28N2O4. The van der Waals surface area contributed by atoms with Crippen molar-refractivity contribution in [2.24, 2.45) is 0 Å². The average molecular weight is 457 g/mol. The molecule has 1 N–H and O–H groups in total. The first kappa shape index (κ1) is 23.3. The van der Waals surface area contributed by atoms with Crippen LogP contribution in [0.25, 0.3) is 22.1 Å². The fraction of sp³-hybridized carbons (Fsp3) is 0.214. The molecule has 1 heterocycles. The molecule has 1 aromatic heterocycles. The van der Waals surface area contributed by atoms with E-state index in [9.17, 15) is 9.59 Å². The zero-order valence-corrected chi connectivity index (χ0v) is 19.6. The van der Waals surface area contributed by atoms with Crippen LogP contribution in [0.3, 0.4) is 0 Å². The smallest absolute Gasteiger partial charge is 0.349 e. The lowest BCUT2D eigenvalue weighted by Gasteiger charge is -2.13. The highest BCUT2D eigenvalue weighted by atomic mass is 16.5. The van der Waals surface area contributed by atoms with Gasteiger partial charge in [0.25, 0.3) is 5.91 Å². The van der Waals surface area contributed by atoms with Crippen molar-refractivity contribution < 1.29 is 13.9 Å². The largest absolute Gasteiger partial charge is 0.489 e. The second-order valence-corrected chi connectivity index (χ2v) is 8.45. The van der Waals surface area contributed by atoms with Crippen LogP contribution in [0.4, 0.5) is 0 Å². The lowest BCUT2D eigenvalue weighted by Crippen LogP contribution is -2.33. The van der Waals surface area contributed by atoms with E-state index < -0.39 is 11.5 Å². The Hall–Kier alpha value is -3.90. The molecule has 4 rings (SSSR count). The number of rotatable bonds is 8. The molecule has 1 amide bonds. The van der Waals surface area contributed by atoms with Crippen molar-refractivity contribution in [1.29, 1.82) is 0 Å². The van der Waals surface area contributed by atoms with Gasteiger partial charge in [-0.3, -0.25) is 4.79 Å². The summed E-state index contributed by atoms with van der Waals surface area (Å²) in [6.45, 7) is 3.60. The standard InChI is InChI=1S/C28H28N2O4/c1-19-22(10-7-11-24(19)20-8-5-4-6-9-20)18-33-23-13-12-21-16-25(28(32)34-26(21)17-23)27(31)29-14-15-30(2)3/h4-13,16-17H,14-15,18H2,1-3H3,(H,29,31). The SMILES string of the molecule is Cc1c(COc2ccc3cc(C(=O)NCCN(C)C)c(=O)oc3c2)cccc1-c1ccccc1. The van der Waals surface area contributed by atoms with Gasteiger partial charge in [0.15, 0.2) is 0 Å². The lowest BCUT2D eigenvalue weighted by molar-refractivity contribution is 0.0947. The van der Waals surface area contributed by atoms with E-state index in [0.29, 0.717) is 36.4 Å². The highest BCUT2D eigenvalue weighted by Crippen LogP contribution is 2.27. The van der Waals surface area contributed by atoms with E-state index in [4.69, 9.17) is 9.15 Å². The quantitative estimate of drug-likeness (QED) is 0.391. The Morgan fingerprint density at radius 2 is 1.79 bits per heavy atom. The van der Waals surface area contributed by atoms with Crippen molar-refractivity contribution >= 4 is 16.9 Å².